The van der Waals surface area contributed by atoms with Gasteiger partial charge in [-0.05, 0) is 36.1 Å². The summed E-state index contributed by atoms with van der Waals surface area (Å²) in [5.74, 6) is 0. The van der Waals surface area contributed by atoms with Gasteiger partial charge in [0.15, 0.2) is 0 Å². The van der Waals surface area contributed by atoms with Gasteiger partial charge in [0.1, 0.15) is 0 Å². The molecule has 0 aliphatic heterocycles. The van der Waals surface area contributed by atoms with Crippen molar-refractivity contribution in [2.45, 2.75) is 45.6 Å². The van der Waals surface area contributed by atoms with E-state index < -0.39 is 0 Å². The highest BCUT2D eigenvalue weighted by Crippen LogP contribution is 2.27. The van der Waals surface area contributed by atoms with Gasteiger partial charge in [-0.3, -0.25) is 0 Å². The summed E-state index contributed by atoms with van der Waals surface area (Å²) in [5, 5.41) is 3.47. The van der Waals surface area contributed by atoms with Crippen molar-refractivity contribution in [2.75, 3.05) is 6.54 Å². The molecule has 16 heavy (non-hydrogen) atoms. The molecule has 1 rings (SSSR count). The van der Waals surface area contributed by atoms with Crippen LogP contribution in [0.5, 0.6) is 0 Å². The lowest BCUT2D eigenvalue weighted by molar-refractivity contribution is 0.441. The molecule has 1 aromatic rings. The third kappa shape index (κ3) is 4.26. The smallest absolute Gasteiger partial charge is 0.0175 e. The quantitative estimate of drug-likeness (QED) is 0.857. The van der Waals surface area contributed by atoms with Crippen LogP contribution in [-0.4, -0.2) is 12.6 Å². The van der Waals surface area contributed by atoms with Crippen LogP contribution < -0.4 is 5.32 Å². The van der Waals surface area contributed by atoms with Crippen LogP contribution in [0.25, 0.3) is 0 Å². The van der Waals surface area contributed by atoms with E-state index in [4.69, 9.17) is 0 Å². The highest BCUT2D eigenvalue weighted by atomic mass is 79.9. The summed E-state index contributed by atoms with van der Waals surface area (Å²) >= 11 is 3.47. The molecule has 0 unspecified atom stereocenters. The van der Waals surface area contributed by atoms with Gasteiger partial charge in [0.2, 0.25) is 0 Å². The fourth-order valence-electron chi connectivity index (χ4n) is 1.72. The summed E-state index contributed by atoms with van der Waals surface area (Å²) in [6, 6.07) is 9.22. The lowest BCUT2D eigenvalue weighted by Crippen LogP contribution is -2.29. The molecule has 0 saturated carbocycles. The fraction of sp³-hybridized carbons (Fsp3) is 0.571. The minimum absolute atomic E-state index is 0.239. The minimum atomic E-state index is 0.239. The van der Waals surface area contributed by atoms with Gasteiger partial charge < -0.3 is 5.32 Å². The van der Waals surface area contributed by atoms with Gasteiger partial charge in [0.05, 0.1) is 0 Å². The molecule has 0 heterocycles. The van der Waals surface area contributed by atoms with Crippen LogP contribution in [0.2, 0.25) is 0 Å². The predicted molar refractivity (Wildman–Crippen MR) is 74.9 cm³/mol. The maximum absolute atomic E-state index is 3.47. The third-order valence-corrected chi connectivity index (χ3v) is 3.46. The van der Waals surface area contributed by atoms with Crippen molar-refractivity contribution in [3.63, 3.8) is 0 Å². The minimum Gasteiger partial charge on any atom is -0.315 e. The number of hydrogen-bond acceptors (Lipinski definition) is 1. The van der Waals surface area contributed by atoms with Gasteiger partial charge in [-0.25, -0.2) is 0 Å². The van der Waals surface area contributed by atoms with Gasteiger partial charge in [0, 0.05) is 10.5 Å². The van der Waals surface area contributed by atoms with E-state index in [1.807, 2.05) is 0 Å². The first kappa shape index (κ1) is 13.7. The largest absolute Gasteiger partial charge is 0.315 e. The standard InChI is InChI=1S/C14H22BrN/c1-11(2)16-10-9-14(3,4)12-5-7-13(15)8-6-12/h5-8,11,16H,9-10H2,1-4H3. The first-order chi connectivity index (χ1) is 7.42. The highest BCUT2D eigenvalue weighted by Gasteiger charge is 2.19. The van der Waals surface area contributed by atoms with Gasteiger partial charge in [-0.2, -0.15) is 0 Å². The van der Waals surface area contributed by atoms with E-state index >= 15 is 0 Å². The zero-order valence-corrected chi connectivity index (χ0v) is 12.3. The SMILES string of the molecule is CC(C)NCCC(C)(C)c1ccc(Br)cc1. The maximum Gasteiger partial charge on any atom is 0.0175 e. The number of hydrogen-bond donors (Lipinski definition) is 1. The summed E-state index contributed by atoms with van der Waals surface area (Å²) in [5.41, 5.74) is 1.64. The monoisotopic (exact) mass is 283 g/mol. The molecule has 0 aliphatic rings. The average molecular weight is 284 g/mol. The normalized spacial score (nSPS) is 12.1. The molecule has 0 radical (unpaired) electrons. The zero-order valence-electron chi connectivity index (χ0n) is 10.7. The number of rotatable bonds is 5. The predicted octanol–water partition coefficient (Wildman–Crippen LogP) is 4.11. The van der Waals surface area contributed by atoms with E-state index in [1.54, 1.807) is 0 Å². The summed E-state index contributed by atoms with van der Waals surface area (Å²) in [6.07, 6.45) is 1.16. The Morgan fingerprint density at radius 2 is 1.75 bits per heavy atom. The molecule has 0 amide bonds. The van der Waals surface area contributed by atoms with E-state index in [0.717, 1.165) is 17.4 Å². The van der Waals surface area contributed by atoms with E-state index in [0.29, 0.717) is 6.04 Å². The summed E-state index contributed by atoms with van der Waals surface area (Å²) in [7, 11) is 0. The molecule has 0 aromatic heterocycles. The fourth-order valence-corrected chi connectivity index (χ4v) is 1.98. The molecule has 1 N–H and O–H groups in total. The summed E-state index contributed by atoms with van der Waals surface area (Å²) in [4.78, 5) is 0. The van der Waals surface area contributed by atoms with Crippen LogP contribution in [0.1, 0.15) is 39.7 Å². The second kappa shape index (κ2) is 5.83. The van der Waals surface area contributed by atoms with Crippen LogP contribution >= 0.6 is 15.9 Å². The Labute approximate surface area is 108 Å². The Kier molecular flexibility index (Phi) is 5.00. The molecule has 0 saturated heterocycles. The van der Waals surface area contributed by atoms with Crippen molar-refractivity contribution in [3.05, 3.63) is 34.3 Å². The van der Waals surface area contributed by atoms with Gasteiger partial charge in [-0.15, -0.1) is 0 Å². The molecule has 0 atom stereocenters. The van der Waals surface area contributed by atoms with Crippen LogP contribution in [0, 0.1) is 0 Å². The topological polar surface area (TPSA) is 12.0 Å². The molecular formula is C14H22BrN. The van der Waals surface area contributed by atoms with Crippen molar-refractivity contribution >= 4 is 15.9 Å². The summed E-state index contributed by atoms with van der Waals surface area (Å²) < 4.78 is 1.15. The number of halogens is 1. The molecule has 0 aliphatic carbocycles. The van der Waals surface area contributed by atoms with Crippen molar-refractivity contribution < 1.29 is 0 Å². The zero-order chi connectivity index (χ0) is 12.2. The third-order valence-electron chi connectivity index (χ3n) is 2.93. The Morgan fingerprint density at radius 1 is 1.19 bits per heavy atom. The van der Waals surface area contributed by atoms with Gasteiger partial charge in [0.25, 0.3) is 0 Å². The van der Waals surface area contributed by atoms with E-state index in [9.17, 15) is 0 Å². The molecule has 0 fully saturated rings. The molecule has 0 spiro atoms. The second-order valence-corrected chi connectivity index (χ2v) is 6.17. The Balaban J connectivity index is 2.59. The molecule has 1 aromatic carbocycles. The van der Waals surface area contributed by atoms with E-state index in [1.165, 1.54) is 5.56 Å². The summed E-state index contributed by atoms with van der Waals surface area (Å²) in [6.45, 7) is 10.1. The Bertz CT molecular complexity index is 314. The van der Waals surface area contributed by atoms with Crippen molar-refractivity contribution in [1.82, 2.24) is 5.32 Å². The van der Waals surface area contributed by atoms with Crippen LogP contribution in [0.4, 0.5) is 0 Å². The second-order valence-electron chi connectivity index (χ2n) is 5.25. The molecular weight excluding hydrogens is 262 g/mol. The maximum atomic E-state index is 3.47. The molecule has 90 valence electrons. The molecule has 0 bridgehead atoms. The van der Waals surface area contributed by atoms with Crippen molar-refractivity contribution in [3.8, 4) is 0 Å². The van der Waals surface area contributed by atoms with Crippen LogP contribution in [0.15, 0.2) is 28.7 Å². The Hall–Kier alpha value is -0.340. The van der Waals surface area contributed by atoms with Gasteiger partial charge in [-0.1, -0.05) is 55.8 Å². The highest BCUT2D eigenvalue weighted by molar-refractivity contribution is 9.10. The molecule has 1 nitrogen and oxygen atoms in total. The number of nitrogens with one attached hydrogen (secondary N) is 1. The van der Waals surface area contributed by atoms with E-state index in [2.05, 4.69) is 73.2 Å². The van der Waals surface area contributed by atoms with E-state index in [-0.39, 0.29) is 5.41 Å². The Morgan fingerprint density at radius 3 is 2.25 bits per heavy atom. The van der Waals surface area contributed by atoms with Crippen LogP contribution in [0.3, 0.4) is 0 Å². The van der Waals surface area contributed by atoms with Gasteiger partial charge >= 0.3 is 0 Å². The van der Waals surface area contributed by atoms with Crippen LogP contribution in [-0.2, 0) is 5.41 Å². The molecule has 2 heteroatoms. The number of benzene rings is 1. The first-order valence-corrected chi connectivity index (χ1v) is 6.70. The average Bonchev–Trinajstić information content (AvgIpc) is 2.17. The lowest BCUT2D eigenvalue weighted by Gasteiger charge is -2.26. The first-order valence-electron chi connectivity index (χ1n) is 5.91. The van der Waals surface area contributed by atoms with Crippen molar-refractivity contribution in [1.29, 1.82) is 0 Å². The van der Waals surface area contributed by atoms with Crippen molar-refractivity contribution in [2.24, 2.45) is 0 Å². The lowest BCUT2D eigenvalue weighted by atomic mass is 9.81.